The molecule has 6 aromatic carbocycles. The Morgan fingerprint density at radius 1 is 0.551 bits per heavy atom. The van der Waals surface area contributed by atoms with E-state index in [1.807, 2.05) is 42.7 Å². The van der Waals surface area contributed by atoms with Crippen LogP contribution in [-0.2, 0) is 6.42 Å². The number of allylic oxidation sites excluding steroid dienone is 1. The number of rotatable bonds is 4. The molecule has 0 unspecified atom stereocenters. The van der Waals surface area contributed by atoms with Crippen LogP contribution in [0.4, 0.5) is 0 Å². The van der Waals surface area contributed by atoms with E-state index in [-0.39, 0.29) is 0 Å². The molecule has 49 heavy (non-hydrogen) atoms. The summed E-state index contributed by atoms with van der Waals surface area (Å²) >= 11 is 0. The van der Waals surface area contributed by atoms with Crippen LogP contribution in [-0.4, -0.2) is 19.9 Å². The maximum atomic E-state index is 6.58. The highest BCUT2D eigenvalue weighted by Crippen LogP contribution is 2.43. The fourth-order valence-corrected chi connectivity index (χ4v) is 7.23. The summed E-state index contributed by atoms with van der Waals surface area (Å²) in [6.07, 6.45) is 10.2. The minimum absolute atomic E-state index is 0.642. The third-order valence-electron chi connectivity index (χ3n) is 9.64. The zero-order chi connectivity index (χ0) is 32.3. The molecule has 0 fully saturated rings. The molecule has 1 aliphatic rings. The fourth-order valence-electron chi connectivity index (χ4n) is 7.23. The summed E-state index contributed by atoms with van der Waals surface area (Å²) < 4.78 is 6.58. The molecule has 5 nitrogen and oxygen atoms in total. The Kier molecular flexibility index (Phi) is 6.24. The molecule has 10 rings (SSSR count). The summed E-state index contributed by atoms with van der Waals surface area (Å²) in [5.74, 6) is 1.93. The Morgan fingerprint density at radius 3 is 2.29 bits per heavy atom. The van der Waals surface area contributed by atoms with E-state index in [2.05, 4.69) is 108 Å². The summed E-state index contributed by atoms with van der Waals surface area (Å²) in [6.45, 7) is 0. The molecule has 5 heteroatoms. The highest BCUT2D eigenvalue weighted by molar-refractivity contribution is 6.19. The molecule has 3 aromatic heterocycles. The Morgan fingerprint density at radius 2 is 1.37 bits per heavy atom. The van der Waals surface area contributed by atoms with Gasteiger partial charge in [-0.15, -0.1) is 0 Å². The monoisotopic (exact) mass is 628 g/mol. The lowest BCUT2D eigenvalue weighted by atomic mass is 9.87. The van der Waals surface area contributed by atoms with Crippen molar-refractivity contribution in [3.63, 3.8) is 0 Å². The quantitative estimate of drug-likeness (QED) is 0.194. The van der Waals surface area contributed by atoms with E-state index in [1.54, 1.807) is 0 Å². The fraction of sp³-hybridized carbons (Fsp3) is 0.0455. The highest BCUT2D eigenvalue weighted by Gasteiger charge is 2.22. The number of fused-ring (bicyclic) bond motifs is 7. The Hall–Kier alpha value is -6.46. The molecular weight excluding hydrogens is 601 g/mol. The van der Waals surface area contributed by atoms with Gasteiger partial charge >= 0.3 is 0 Å². The first-order chi connectivity index (χ1) is 24.3. The van der Waals surface area contributed by atoms with Crippen LogP contribution in [0.1, 0.15) is 17.5 Å². The van der Waals surface area contributed by atoms with Crippen molar-refractivity contribution >= 4 is 49.6 Å². The Balaban J connectivity index is 1.26. The van der Waals surface area contributed by atoms with Crippen LogP contribution < -0.4 is 0 Å². The topological polar surface area (TPSA) is 64.7 Å². The number of aromatic nitrogens is 4. The van der Waals surface area contributed by atoms with Gasteiger partial charge in [0.2, 0.25) is 0 Å². The van der Waals surface area contributed by atoms with E-state index in [9.17, 15) is 0 Å². The number of nitrogens with zero attached hydrogens (tertiary/aromatic N) is 4. The molecule has 0 aliphatic heterocycles. The van der Waals surface area contributed by atoms with Gasteiger partial charge in [-0.05, 0) is 87.7 Å². The average Bonchev–Trinajstić information content (AvgIpc) is 3.57. The van der Waals surface area contributed by atoms with E-state index < -0.39 is 0 Å². The first-order valence-corrected chi connectivity index (χ1v) is 16.6. The van der Waals surface area contributed by atoms with Gasteiger partial charge in [0, 0.05) is 45.2 Å². The predicted molar refractivity (Wildman–Crippen MR) is 199 cm³/mol. The zero-order valence-corrected chi connectivity index (χ0v) is 26.5. The summed E-state index contributed by atoms with van der Waals surface area (Å²) in [5, 5.41) is 6.55. The average molecular weight is 629 g/mol. The zero-order valence-electron chi connectivity index (χ0n) is 26.5. The second-order valence-electron chi connectivity index (χ2n) is 12.6. The van der Waals surface area contributed by atoms with Crippen molar-refractivity contribution < 1.29 is 4.42 Å². The van der Waals surface area contributed by atoms with Crippen LogP contribution in [0, 0.1) is 0 Å². The molecular formula is C44H28N4O. The molecule has 0 saturated carbocycles. The standard InChI is InChI=1S/C44H28N4O/c1-2-10-29(11-3-1)42-46-43(33-18-17-27-9-4-5-12-30(27)23-33)48-44(47-42)37-25-32-14-7-6-13-31(32)24-36(37)34-15-8-16-39-40(34)35-20-19-28-21-22-45-26-38(28)41(35)49-39/h1-6,8-13,15-26H,7,14H2. The Bertz CT molecular complexity index is 2780. The lowest BCUT2D eigenvalue weighted by Gasteiger charge is -2.18. The van der Waals surface area contributed by atoms with Crippen LogP contribution in [0.2, 0.25) is 0 Å². The molecule has 0 saturated heterocycles. The number of furan rings is 1. The maximum Gasteiger partial charge on any atom is 0.164 e. The summed E-state index contributed by atoms with van der Waals surface area (Å²) in [5.41, 5.74) is 9.18. The molecule has 230 valence electrons. The lowest BCUT2D eigenvalue weighted by molar-refractivity contribution is 0.672. The van der Waals surface area contributed by atoms with Gasteiger partial charge in [0.25, 0.3) is 0 Å². The van der Waals surface area contributed by atoms with Crippen molar-refractivity contribution in [3.8, 4) is 45.3 Å². The molecule has 1 aliphatic carbocycles. The van der Waals surface area contributed by atoms with E-state index >= 15 is 0 Å². The van der Waals surface area contributed by atoms with E-state index in [1.165, 1.54) is 16.5 Å². The summed E-state index contributed by atoms with van der Waals surface area (Å²) in [6, 6.07) is 42.2. The van der Waals surface area contributed by atoms with Crippen LogP contribution in [0.25, 0.3) is 94.8 Å². The predicted octanol–water partition coefficient (Wildman–Crippen LogP) is 11.1. The van der Waals surface area contributed by atoms with Crippen LogP contribution in [0.5, 0.6) is 0 Å². The number of hydrogen-bond donors (Lipinski definition) is 0. The second kappa shape index (κ2) is 11.1. The summed E-state index contributed by atoms with van der Waals surface area (Å²) in [7, 11) is 0. The second-order valence-corrected chi connectivity index (χ2v) is 12.6. The van der Waals surface area contributed by atoms with Crippen molar-refractivity contribution in [1.82, 2.24) is 19.9 Å². The van der Waals surface area contributed by atoms with E-state index in [0.29, 0.717) is 17.5 Å². The molecule has 0 bridgehead atoms. The molecule has 0 atom stereocenters. The summed E-state index contributed by atoms with van der Waals surface area (Å²) in [4.78, 5) is 19.9. The van der Waals surface area contributed by atoms with Crippen molar-refractivity contribution in [1.29, 1.82) is 0 Å². The number of aryl methyl sites for hydroxylation is 1. The minimum atomic E-state index is 0.642. The van der Waals surface area contributed by atoms with Crippen molar-refractivity contribution in [2.45, 2.75) is 12.8 Å². The number of benzene rings is 6. The van der Waals surface area contributed by atoms with Gasteiger partial charge < -0.3 is 4.42 Å². The lowest BCUT2D eigenvalue weighted by Crippen LogP contribution is -2.03. The van der Waals surface area contributed by atoms with Crippen LogP contribution >= 0.6 is 0 Å². The third-order valence-corrected chi connectivity index (χ3v) is 9.64. The van der Waals surface area contributed by atoms with Gasteiger partial charge in [-0.2, -0.15) is 0 Å². The van der Waals surface area contributed by atoms with Gasteiger partial charge in [-0.1, -0.05) is 97.1 Å². The van der Waals surface area contributed by atoms with Gasteiger partial charge in [0.05, 0.1) is 0 Å². The first-order valence-electron chi connectivity index (χ1n) is 16.6. The van der Waals surface area contributed by atoms with Gasteiger partial charge in [0.15, 0.2) is 17.5 Å². The van der Waals surface area contributed by atoms with Crippen molar-refractivity contribution in [2.24, 2.45) is 0 Å². The SMILES string of the molecule is C1=Cc2cc(-c3cccc4oc5c6cnccc6ccc5c34)c(-c3nc(-c4ccccc4)nc(-c4ccc5ccccc5c4)n3)cc2CC1. The van der Waals surface area contributed by atoms with E-state index in [0.717, 1.165) is 78.8 Å². The largest absolute Gasteiger partial charge is 0.455 e. The van der Waals surface area contributed by atoms with Crippen LogP contribution in [0.15, 0.2) is 144 Å². The third kappa shape index (κ3) is 4.62. The van der Waals surface area contributed by atoms with Crippen molar-refractivity contribution in [3.05, 3.63) is 151 Å². The first kappa shape index (κ1) is 27.6. The van der Waals surface area contributed by atoms with Gasteiger partial charge in [-0.3, -0.25) is 4.98 Å². The Labute approximate surface area is 282 Å². The molecule has 0 spiro atoms. The number of pyridine rings is 1. The highest BCUT2D eigenvalue weighted by atomic mass is 16.3. The van der Waals surface area contributed by atoms with E-state index in [4.69, 9.17) is 19.4 Å². The maximum absolute atomic E-state index is 6.58. The smallest absolute Gasteiger partial charge is 0.164 e. The number of hydrogen-bond acceptors (Lipinski definition) is 5. The normalized spacial score (nSPS) is 12.7. The molecule has 9 aromatic rings. The van der Waals surface area contributed by atoms with Gasteiger partial charge in [-0.25, -0.2) is 15.0 Å². The van der Waals surface area contributed by atoms with Gasteiger partial charge in [0.1, 0.15) is 11.2 Å². The molecule has 0 amide bonds. The molecule has 0 radical (unpaired) electrons. The van der Waals surface area contributed by atoms with Crippen LogP contribution in [0.3, 0.4) is 0 Å². The molecule has 3 heterocycles. The van der Waals surface area contributed by atoms with Crippen molar-refractivity contribution in [2.75, 3.05) is 0 Å². The minimum Gasteiger partial charge on any atom is -0.455 e. The molecule has 0 N–H and O–H groups in total.